The maximum absolute atomic E-state index is 5.40. The lowest BCUT2D eigenvalue weighted by molar-refractivity contribution is 0.146. The van der Waals surface area contributed by atoms with Crippen molar-refractivity contribution in [2.24, 2.45) is 5.73 Å². The summed E-state index contributed by atoms with van der Waals surface area (Å²) >= 11 is 0. The Kier molecular flexibility index (Phi) is 8.71. The molecule has 0 bridgehead atoms. The van der Waals surface area contributed by atoms with Gasteiger partial charge in [-0.2, -0.15) is 0 Å². The van der Waals surface area contributed by atoms with Crippen LogP contribution in [0.2, 0.25) is 0 Å². The third-order valence-electron chi connectivity index (χ3n) is 1.77. The Morgan fingerprint density at radius 1 is 0.938 bits per heavy atom. The average molecular weight is 248 g/mol. The summed E-state index contributed by atoms with van der Waals surface area (Å²) in [6, 6.07) is 7.44. The van der Waals surface area contributed by atoms with Gasteiger partial charge < -0.3 is 19.9 Å². The van der Waals surface area contributed by atoms with Crippen molar-refractivity contribution in [1.29, 1.82) is 0 Å². The predicted molar refractivity (Wildman–Crippen MR) is 65.6 cm³/mol. The maximum Gasteiger partial charge on any atom is 0.119 e. The molecule has 0 atom stereocenters. The highest BCUT2D eigenvalue weighted by molar-refractivity contribution is 5.85. The minimum absolute atomic E-state index is 0. The highest BCUT2D eigenvalue weighted by atomic mass is 35.5. The third kappa shape index (κ3) is 5.80. The summed E-state index contributed by atoms with van der Waals surface area (Å²) in [5.41, 5.74) is 5.32. The number of methoxy groups -OCH3 is 1. The largest absolute Gasteiger partial charge is 0.492 e. The summed E-state index contributed by atoms with van der Waals surface area (Å²) < 4.78 is 15.6. The lowest BCUT2D eigenvalue weighted by atomic mass is 10.3. The fraction of sp³-hybridized carbons (Fsp3) is 0.455. The van der Waals surface area contributed by atoms with Crippen LogP contribution in [0.4, 0.5) is 0 Å². The van der Waals surface area contributed by atoms with Crippen LogP contribution in [0.25, 0.3) is 0 Å². The summed E-state index contributed by atoms with van der Waals surface area (Å²) in [6.07, 6.45) is 0. The van der Waals surface area contributed by atoms with Crippen molar-refractivity contribution >= 4 is 12.4 Å². The minimum atomic E-state index is 0. The molecule has 0 fully saturated rings. The van der Waals surface area contributed by atoms with Crippen LogP contribution in [-0.4, -0.2) is 33.5 Å². The Balaban J connectivity index is 0.00000225. The SMILES string of the molecule is COCCOc1ccc(OCCN)cc1.Cl. The zero-order valence-electron chi connectivity index (χ0n) is 9.35. The summed E-state index contributed by atoms with van der Waals surface area (Å²) in [4.78, 5) is 0. The van der Waals surface area contributed by atoms with E-state index in [0.717, 1.165) is 11.5 Å². The van der Waals surface area contributed by atoms with Gasteiger partial charge in [-0.05, 0) is 24.3 Å². The molecule has 0 radical (unpaired) electrons. The monoisotopic (exact) mass is 247 g/mol. The molecule has 92 valence electrons. The fourth-order valence-electron chi connectivity index (χ4n) is 1.05. The highest BCUT2D eigenvalue weighted by Crippen LogP contribution is 2.17. The maximum atomic E-state index is 5.40. The van der Waals surface area contributed by atoms with Gasteiger partial charge in [0.1, 0.15) is 24.7 Å². The molecular weight excluding hydrogens is 230 g/mol. The van der Waals surface area contributed by atoms with Crippen molar-refractivity contribution in [2.75, 3.05) is 33.5 Å². The highest BCUT2D eigenvalue weighted by Gasteiger charge is 1.95. The second-order valence-electron chi connectivity index (χ2n) is 2.95. The first-order valence-electron chi connectivity index (χ1n) is 4.91. The van der Waals surface area contributed by atoms with E-state index < -0.39 is 0 Å². The van der Waals surface area contributed by atoms with E-state index in [1.807, 2.05) is 24.3 Å². The second-order valence-corrected chi connectivity index (χ2v) is 2.95. The first-order valence-corrected chi connectivity index (χ1v) is 4.91. The fourth-order valence-corrected chi connectivity index (χ4v) is 1.05. The molecule has 16 heavy (non-hydrogen) atoms. The number of hydrogen-bond acceptors (Lipinski definition) is 4. The zero-order chi connectivity index (χ0) is 10.9. The van der Waals surface area contributed by atoms with Crippen LogP contribution in [0.1, 0.15) is 0 Å². The summed E-state index contributed by atoms with van der Waals surface area (Å²) in [6.45, 7) is 2.20. The van der Waals surface area contributed by atoms with E-state index in [1.54, 1.807) is 7.11 Å². The van der Waals surface area contributed by atoms with Crippen LogP contribution in [0.15, 0.2) is 24.3 Å². The van der Waals surface area contributed by atoms with Crippen LogP contribution in [0, 0.1) is 0 Å². The Morgan fingerprint density at radius 3 is 1.88 bits per heavy atom. The molecular formula is C11H18ClNO3. The third-order valence-corrected chi connectivity index (χ3v) is 1.77. The topological polar surface area (TPSA) is 53.7 Å². The molecule has 0 unspecified atom stereocenters. The van der Waals surface area contributed by atoms with E-state index in [0.29, 0.717) is 26.4 Å². The Labute approximate surface area is 102 Å². The van der Waals surface area contributed by atoms with Crippen molar-refractivity contribution in [3.8, 4) is 11.5 Å². The van der Waals surface area contributed by atoms with E-state index in [1.165, 1.54) is 0 Å². The van der Waals surface area contributed by atoms with Crippen molar-refractivity contribution in [3.05, 3.63) is 24.3 Å². The molecule has 1 aromatic rings. The quantitative estimate of drug-likeness (QED) is 0.742. The number of hydrogen-bond donors (Lipinski definition) is 1. The summed E-state index contributed by atoms with van der Waals surface area (Å²) in [7, 11) is 1.65. The molecule has 0 spiro atoms. The number of ether oxygens (including phenoxy) is 3. The van der Waals surface area contributed by atoms with E-state index in [-0.39, 0.29) is 12.4 Å². The van der Waals surface area contributed by atoms with E-state index >= 15 is 0 Å². The molecule has 0 saturated heterocycles. The average Bonchev–Trinajstić information content (AvgIpc) is 2.28. The van der Waals surface area contributed by atoms with Gasteiger partial charge in [-0.1, -0.05) is 0 Å². The standard InChI is InChI=1S/C11H17NO3.ClH/c1-13-8-9-15-11-4-2-10(3-5-11)14-7-6-12;/h2-5H,6-9,12H2,1H3;1H. The van der Waals surface area contributed by atoms with Gasteiger partial charge in [-0.3, -0.25) is 0 Å². The van der Waals surface area contributed by atoms with Gasteiger partial charge in [0.15, 0.2) is 0 Å². The molecule has 0 aliphatic rings. The molecule has 0 aliphatic heterocycles. The molecule has 4 nitrogen and oxygen atoms in total. The van der Waals surface area contributed by atoms with Crippen LogP contribution in [-0.2, 0) is 4.74 Å². The van der Waals surface area contributed by atoms with Gasteiger partial charge >= 0.3 is 0 Å². The van der Waals surface area contributed by atoms with Crippen molar-refractivity contribution in [1.82, 2.24) is 0 Å². The molecule has 5 heteroatoms. The van der Waals surface area contributed by atoms with Gasteiger partial charge in [-0.25, -0.2) is 0 Å². The zero-order valence-corrected chi connectivity index (χ0v) is 10.2. The summed E-state index contributed by atoms with van der Waals surface area (Å²) in [5, 5.41) is 0. The van der Waals surface area contributed by atoms with E-state index in [2.05, 4.69) is 0 Å². The lowest BCUT2D eigenvalue weighted by Gasteiger charge is -2.07. The molecule has 1 rings (SSSR count). The Hall–Kier alpha value is -0.970. The lowest BCUT2D eigenvalue weighted by Crippen LogP contribution is -2.10. The first kappa shape index (κ1) is 15.0. The molecule has 1 aromatic carbocycles. The summed E-state index contributed by atoms with van der Waals surface area (Å²) in [5.74, 6) is 1.62. The molecule has 0 aliphatic carbocycles. The van der Waals surface area contributed by atoms with Crippen molar-refractivity contribution < 1.29 is 14.2 Å². The van der Waals surface area contributed by atoms with Gasteiger partial charge in [0.25, 0.3) is 0 Å². The predicted octanol–water partition coefficient (Wildman–Crippen LogP) is 1.47. The van der Waals surface area contributed by atoms with Gasteiger partial charge in [0, 0.05) is 13.7 Å². The number of rotatable bonds is 7. The molecule has 2 N–H and O–H groups in total. The van der Waals surface area contributed by atoms with Crippen molar-refractivity contribution in [2.45, 2.75) is 0 Å². The van der Waals surface area contributed by atoms with Crippen LogP contribution >= 0.6 is 12.4 Å². The molecule has 0 saturated carbocycles. The number of benzene rings is 1. The van der Waals surface area contributed by atoms with Crippen LogP contribution in [0.5, 0.6) is 11.5 Å². The van der Waals surface area contributed by atoms with Crippen LogP contribution in [0.3, 0.4) is 0 Å². The number of nitrogens with two attached hydrogens (primary N) is 1. The van der Waals surface area contributed by atoms with Gasteiger partial charge in [-0.15, -0.1) is 12.4 Å². The van der Waals surface area contributed by atoms with Gasteiger partial charge in [0.2, 0.25) is 0 Å². The number of halogens is 1. The molecule has 0 aromatic heterocycles. The molecule has 0 amide bonds. The van der Waals surface area contributed by atoms with Crippen LogP contribution < -0.4 is 15.2 Å². The Bertz CT molecular complexity index is 266. The smallest absolute Gasteiger partial charge is 0.119 e. The van der Waals surface area contributed by atoms with Gasteiger partial charge in [0.05, 0.1) is 6.61 Å². The van der Waals surface area contributed by atoms with Crippen molar-refractivity contribution in [3.63, 3.8) is 0 Å². The first-order chi connectivity index (χ1) is 7.36. The Morgan fingerprint density at radius 2 is 1.44 bits per heavy atom. The second kappa shape index (κ2) is 9.27. The molecule has 0 heterocycles. The minimum Gasteiger partial charge on any atom is -0.492 e. The van der Waals surface area contributed by atoms with E-state index in [9.17, 15) is 0 Å². The van der Waals surface area contributed by atoms with E-state index in [4.69, 9.17) is 19.9 Å². The normalized spacial score (nSPS) is 9.38.